The number of ether oxygens (including phenoxy) is 1. The third-order valence-electron chi connectivity index (χ3n) is 4.74. The first-order chi connectivity index (χ1) is 13.3. The highest BCUT2D eigenvalue weighted by atomic mass is 127. The lowest BCUT2D eigenvalue weighted by molar-refractivity contribution is -0.0848. The SMILES string of the molecule is Nc1ncnc2c1c(I)cn2[C@@H]1O[C@H]([C@H](O)c2ccc(Cl)c(Cl)c2)[C@@H](O)[C@H]1O. The number of anilines is 1. The van der Waals surface area contributed by atoms with Crippen LogP contribution in [-0.2, 0) is 4.74 Å². The molecule has 8 nitrogen and oxygen atoms in total. The molecular formula is C17H15Cl2IN4O4. The van der Waals surface area contributed by atoms with Crippen molar-refractivity contribution in [1.82, 2.24) is 14.5 Å². The third kappa shape index (κ3) is 3.24. The van der Waals surface area contributed by atoms with Crippen molar-refractivity contribution in [1.29, 1.82) is 0 Å². The summed E-state index contributed by atoms with van der Waals surface area (Å²) < 4.78 is 8.19. The number of hydrogen-bond donors (Lipinski definition) is 4. The van der Waals surface area contributed by atoms with Gasteiger partial charge in [0.1, 0.15) is 42.2 Å². The van der Waals surface area contributed by atoms with Gasteiger partial charge in [-0.1, -0.05) is 29.3 Å². The smallest absolute Gasteiger partial charge is 0.164 e. The standard InChI is InChI=1S/C17H15Cl2IN4O4/c18-7-2-1-6(3-8(7)19)11(25)14-12(26)13(27)17(28-14)24-4-9(20)10-15(21)22-5-23-16(10)24/h1-5,11-14,17,25-27H,(H2,21,22,23)/t11-,12+,13-,14-,17-/m1/s1. The van der Waals surface area contributed by atoms with Crippen LogP contribution in [0.1, 0.15) is 17.9 Å². The van der Waals surface area contributed by atoms with Crippen LogP contribution in [0.25, 0.3) is 11.0 Å². The average Bonchev–Trinajstić information content (AvgIpc) is 3.15. The molecule has 11 heteroatoms. The molecule has 5 N–H and O–H groups in total. The molecule has 1 aliphatic heterocycles. The lowest BCUT2D eigenvalue weighted by Gasteiger charge is -2.21. The molecular weight excluding hydrogens is 522 g/mol. The molecule has 2 aromatic heterocycles. The van der Waals surface area contributed by atoms with E-state index in [1.807, 2.05) is 0 Å². The Morgan fingerprint density at radius 1 is 1.18 bits per heavy atom. The lowest BCUT2D eigenvalue weighted by atomic mass is 9.99. The fourth-order valence-electron chi connectivity index (χ4n) is 3.32. The zero-order chi connectivity index (χ0) is 20.2. The molecule has 1 fully saturated rings. The molecule has 1 aliphatic rings. The number of fused-ring (bicyclic) bond motifs is 1. The number of hydrogen-bond acceptors (Lipinski definition) is 7. The Hall–Kier alpha value is -1.21. The van der Waals surface area contributed by atoms with Crippen LogP contribution in [0.2, 0.25) is 10.0 Å². The van der Waals surface area contributed by atoms with E-state index in [2.05, 4.69) is 32.6 Å². The molecule has 0 bridgehead atoms. The molecule has 1 saturated heterocycles. The maximum Gasteiger partial charge on any atom is 0.164 e. The molecule has 0 aliphatic carbocycles. The van der Waals surface area contributed by atoms with Gasteiger partial charge in [0, 0.05) is 9.77 Å². The van der Waals surface area contributed by atoms with Crippen LogP contribution < -0.4 is 5.73 Å². The highest BCUT2D eigenvalue weighted by Gasteiger charge is 2.47. The second kappa shape index (κ2) is 7.56. The first-order valence-electron chi connectivity index (χ1n) is 8.20. The van der Waals surface area contributed by atoms with E-state index in [1.54, 1.807) is 22.9 Å². The van der Waals surface area contributed by atoms with Gasteiger partial charge in [-0.05, 0) is 40.3 Å². The van der Waals surface area contributed by atoms with Gasteiger partial charge in [0.25, 0.3) is 0 Å². The number of aliphatic hydroxyl groups excluding tert-OH is 3. The minimum Gasteiger partial charge on any atom is -0.387 e. The van der Waals surface area contributed by atoms with E-state index in [0.717, 1.165) is 3.57 Å². The number of benzene rings is 1. The van der Waals surface area contributed by atoms with E-state index in [4.69, 9.17) is 33.7 Å². The van der Waals surface area contributed by atoms with E-state index >= 15 is 0 Å². The van der Waals surface area contributed by atoms with Crippen LogP contribution >= 0.6 is 45.8 Å². The zero-order valence-corrected chi connectivity index (χ0v) is 17.7. The number of nitrogens with zero attached hydrogens (tertiary/aromatic N) is 3. The summed E-state index contributed by atoms with van der Waals surface area (Å²) in [6.07, 6.45) is -2.93. The highest BCUT2D eigenvalue weighted by Crippen LogP contribution is 2.39. The van der Waals surface area contributed by atoms with E-state index in [9.17, 15) is 15.3 Å². The maximum absolute atomic E-state index is 10.7. The van der Waals surface area contributed by atoms with Gasteiger partial charge in [-0.2, -0.15) is 0 Å². The Bertz CT molecular complexity index is 1050. The molecule has 4 rings (SSSR count). The van der Waals surface area contributed by atoms with Gasteiger partial charge in [0.2, 0.25) is 0 Å². The van der Waals surface area contributed by atoms with E-state index < -0.39 is 30.6 Å². The Morgan fingerprint density at radius 2 is 1.93 bits per heavy atom. The van der Waals surface area contributed by atoms with Crippen LogP contribution in [0, 0.1) is 3.57 Å². The Labute approximate surface area is 183 Å². The average molecular weight is 537 g/mol. The van der Waals surface area contributed by atoms with E-state index in [-0.39, 0.29) is 5.02 Å². The molecule has 0 spiro atoms. The van der Waals surface area contributed by atoms with Crippen molar-refractivity contribution >= 4 is 62.6 Å². The summed E-state index contributed by atoms with van der Waals surface area (Å²) in [6.45, 7) is 0. The molecule has 5 atom stereocenters. The topological polar surface area (TPSA) is 127 Å². The van der Waals surface area contributed by atoms with Crippen LogP contribution in [0.5, 0.6) is 0 Å². The van der Waals surface area contributed by atoms with Gasteiger partial charge in [-0.15, -0.1) is 0 Å². The van der Waals surface area contributed by atoms with Gasteiger partial charge in [0.05, 0.1) is 15.4 Å². The van der Waals surface area contributed by atoms with Crippen molar-refractivity contribution < 1.29 is 20.1 Å². The van der Waals surface area contributed by atoms with Crippen molar-refractivity contribution in [3.05, 3.63) is 49.9 Å². The second-order valence-electron chi connectivity index (χ2n) is 6.43. The number of halogens is 3. The summed E-state index contributed by atoms with van der Waals surface area (Å²) in [5, 5.41) is 33.0. The molecule has 0 amide bonds. The van der Waals surface area contributed by atoms with Gasteiger partial charge >= 0.3 is 0 Å². The summed E-state index contributed by atoms with van der Waals surface area (Å²) >= 11 is 14.0. The summed E-state index contributed by atoms with van der Waals surface area (Å²) in [6, 6.07) is 4.61. The number of rotatable bonds is 3. The Balaban J connectivity index is 1.69. The van der Waals surface area contributed by atoms with Gasteiger partial charge in [-0.3, -0.25) is 0 Å². The molecule has 3 aromatic rings. The predicted molar refractivity (Wildman–Crippen MR) is 112 cm³/mol. The second-order valence-corrected chi connectivity index (χ2v) is 8.41. The molecule has 148 valence electrons. The summed E-state index contributed by atoms with van der Waals surface area (Å²) in [5.41, 5.74) is 6.79. The number of nitrogen functional groups attached to an aromatic ring is 1. The summed E-state index contributed by atoms with van der Waals surface area (Å²) in [5.74, 6) is 0.300. The van der Waals surface area contributed by atoms with Crippen molar-refractivity contribution in [3.63, 3.8) is 0 Å². The fraction of sp³-hybridized carbons (Fsp3) is 0.294. The van der Waals surface area contributed by atoms with E-state index in [1.165, 1.54) is 12.4 Å². The van der Waals surface area contributed by atoms with Crippen molar-refractivity contribution in [2.75, 3.05) is 5.73 Å². The molecule has 0 unspecified atom stereocenters. The maximum atomic E-state index is 10.7. The number of aromatic nitrogens is 3. The Morgan fingerprint density at radius 3 is 2.64 bits per heavy atom. The molecule has 1 aromatic carbocycles. The first-order valence-corrected chi connectivity index (χ1v) is 10.0. The first kappa shape index (κ1) is 20.1. The van der Waals surface area contributed by atoms with Crippen molar-refractivity contribution in [2.45, 2.75) is 30.6 Å². The lowest BCUT2D eigenvalue weighted by Crippen LogP contribution is -2.34. The van der Waals surface area contributed by atoms with Crippen LogP contribution in [0.3, 0.4) is 0 Å². The van der Waals surface area contributed by atoms with Crippen LogP contribution in [0.15, 0.2) is 30.7 Å². The number of nitrogens with two attached hydrogens (primary N) is 1. The van der Waals surface area contributed by atoms with Crippen molar-refractivity contribution in [3.8, 4) is 0 Å². The zero-order valence-electron chi connectivity index (χ0n) is 14.1. The van der Waals surface area contributed by atoms with Crippen LogP contribution in [-0.4, -0.2) is 48.2 Å². The minimum absolute atomic E-state index is 0.265. The normalized spacial score (nSPS) is 26.1. The fourth-order valence-corrected chi connectivity index (χ4v) is 4.44. The molecule has 28 heavy (non-hydrogen) atoms. The van der Waals surface area contributed by atoms with E-state index in [0.29, 0.717) is 27.4 Å². The largest absolute Gasteiger partial charge is 0.387 e. The highest BCUT2D eigenvalue weighted by molar-refractivity contribution is 14.1. The summed E-state index contributed by atoms with van der Waals surface area (Å²) in [4.78, 5) is 8.19. The van der Waals surface area contributed by atoms with Gasteiger partial charge in [-0.25, -0.2) is 9.97 Å². The van der Waals surface area contributed by atoms with Gasteiger partial charge < -0.3 is 30.4 Å². The predicted octanol–water partition coefficient (Wildman–Crippen LogP) is 2.28. The van der Waals surface area contributed by atoms with Crippen molar-refractivity contribution in [2.24, 2.45) is 0 Å². The summed E-state index contributed by atoms with van der Waals surface area (Å²) in [7, 11) is 0. The molecule has 0 saturated carbocycles. The Kier molecular flexibility index (Phi) is 5.42. The van der Waals surface area contributed by atoms with Gasteiger partial charge in [0.15, 0.2) is 6.23 Å². The molecule has 3 heterocycles. The quantitative estimate of drug-likeness (QED) is 0.378. The van der Waals surface area contributed by atoms with Crippen LogP contribution in [0.4, 0.5) is 5.82 Å². The number of aliphatic hydroxyl groups is 3. The molecule has 0 radical (unpaired) electrons. The minimum atomic E-state index is -1.34. The monoisotopic (exact) mass is 536 g/mol. The third-order valence-corrected chi connectivity index (χ3v) is 6.30.